The number of nitrogens with one attached hydrogen (secondary N) is 2. The van der Waals surface area contributed by atoms with Crippen molar-refractivity contribution in [2.24, 2.45) is 0 Å². The molecular weight excluding hydrogens is 454 g/mol. The Hall–Kier alpha value is -3.30. The van der Waals surface area contributed by atoms with Gasteiger partial charge in [-0.3, -0.25) is 4.79 Å². The lowest BCUT2D eigenvalue weighted by atomic mass is 10.2. The molecule has 0 saturated carbocycles. The lowest BCUT2D eigenvalue weighted by Crippen LogP contribution is -2.35. The summed E-state index contributed by atoms with van der Waals surface area (Å²) in [6.45, 7) is 8.69. The monoisotopic (exact) mass is 483 g/mol. The highest BCUT2D eigenvalue weighted by Crippen LogP contribution is 2.33. The van der Waals surface area contributed by atoms with Crippen molar-refractivity contribution < 1.29 is 22.7 Å². The maximum absolute atomic E-state index is 12.8. The maximum Gasteiger partial charge on any atom is 0.253 e. The topological polar surface area (TPSA) is 98.7 Å². The molecule has 0 atom stereocenters. The van der Waals surface area contributed by atoms with Crippen LogP contribution in [-0.4, -0.2) is 45.2 Å². The number of carbonyl (C=O) groups excluding carboxylic acids is 1. The van der Waals surface area contributed by atoms with E-state index in [1.54, 1.807) is 19.1 Å². The second-order valence-corrected chi connectivity index (χ2v) is 10.1. The Morgan fingerprint density at radius 3 is 2.44 bits per heavy atom. The van der Waals surface area contributed by atoms with E-state index in [0.29, 0.717) is 35.8 Å². The summed E-state index contributed by atoms with van der Waals surface area (Å²) in [5, 5.41) is 2.81. The highest BCUT2D eigenvalue weighted by atomic mass is 32.2. The second-order valence-electron chi connectivity index (χ2n) is 8.37. The summed E-state index contributed by atoms with van der Waals surface area (Å²) in [6.07, 6.45) is 0. The predicted octanol–water partition coefficient (Wildman–Crippen LogP) is 3.19. The Morgan fingerprint density at radius 2 is 1.68 bits per heavy atom. The molecule has 0 unspecified atom stereocenters. The summed E-state index contributed by atoms with van der Waals surface area (Å²) < 4.78 is 41.1. The molecule has 0 bridgehead atoms. The third kappa shape index (κ3) is 4.80. The van der Waals surface area contributed by atoms with Crippen LogP contribution in [0, 0.1) is 27.7 Å². The highest BCUT2D eigenvalue weighted by Gasteiger charge is 2.20. The first kappa shape index (κ1) is 23.8. The average molecular weight is 484 g/mol. The number of hydrogen-bond acceptors (Lipinski definition) is 5. The van der Waals surface area contributed by atoms with Crippen LogP contribution in [0.2, 0.25) is 0 Å². The standard InChI is InChI=1S/C25H29N3O5S/c1-16-5-6-17(2)24(13-16)34(30,31)27-10-9-26-25(29)21-14-18(3)28(19(21)4)20-7-8-22-23(15-20)33-12-11-32-22/h5-8,13-15,27H,9-12H2,1-4H3,(H,26,29). The zero-order chi connectivity index (χ0) is 24.5. The Morgan fingerprint density at radius 1 is 0.941 bits per heavy atom. The van der Waals surface area contributed by atoms with Crippen molar-refractivity contribution in [2.75, 3.05) is 26.3 Å². The number of aryl methyl sites for hydroxylation is 3. The van der Waals surface area contributed by atoms with Crippen LogP contribution < -0.4 is 19.5 Å². The van der Waals surface area contributed by atoms with Crippen LogP contribution in [0.1, 0.15) is 32.9 Å². The van der Waals surface area contributed by atoms with Crippen molar-refractivity contribution in [1.29, 1.82) is 0 Å². The second kappa shape index (κ2) is 9.52. The lowest BCUT2D eigenvalue weighted by Gasteiger charge is -2.20. The predicted molar refractivity (Wildman–Crippen MR) is 130 cm³/mol. The van der Waals surface area contributed by atoms with E-state index in [9.17, 15) is 13.2 Å². The average Bonchev–Trinajstić information content (AvgIpc) is 3.11. The molecule has 9 heteroatoms. The summed E-state index contributed by atoms with van der Waals surface area (Å²) in [5.41, 5.74) is 4.63. The van der Waals surface area contributed by atoms with Gasteiger partial charge in [0.05, 0.1) is 10.5 Å². The molecule has 4 rings (SSSR count). The van der Waals surface area contributed by atoms with Gasteiger partial charge in [0.1, 0.15) is 13.2 Å². The number of carbonyl (C=O) groups is 1. The minimum Gasteiger partial charge on any atom is -0.486 e. The summed E-state index contributed by atoms with van der Waals surface area (Å²) in [4.78, 5) is 13.1. The van der Waals surface area contributed by atoms with E-state index < -0.39 is 10.0 Å². The number of fused-ring (bicyclic) bond motifs is 1. The minimum atomic E-state index is -3.66. The van der Waals surface area contributed by atoms with E-state index >= 15 is 0 Å². The molecule has 0 fully saturated rings. The van der Waals surface area contributed by atoms with Crippen LogP contribution in [0.15, 0.2) is 47.4 Å². The minimum absolute atomic E-state index is 0.0857. The van der Waals surface area contributed by atoms with Crippen LogP contribution in [-0.2, 0) is 10.0 Å². The number of amides is 1. The normalized spacial score (nSPS) is 13.1. The first-order chi connectivity index (χ1) is 16.2. The zero-order valence-electron chi connectivity index (χ0n) is 19.8. The molecule has 0 saturated heterocycles. The van der Waals surface area contributed by atoms with Crippen molar-refractivity contribution in [3.05, 3.63) is 70.5 Å². The summed E-state index contributed by atoms with van der Waals surface area (Å²) in [5.74, 6) is 1.12. The largest absolute Gasteiger partial charge is 0.486 e. The Labute approximate surface area is 199 Å². The van der Waals surface area contributed by atoms with Crippen molar-refractivity contribution >= 4 is 15.9 Å². The third-order valence-corrected chi connectivity index (χ3v) is 7.40. The molecule has 0 aliphatic carbocycles. The maximum atomic E-state index is 12.8. The first-order valence-electron chi connectivity index (χ1n) is 11.1. The fourth-order valence-electron chi connectivity index (χ4n) is 4.09. The number of sulfonamides is 1. The number of aromatic nitrogens is 1. The van der Waals surface area contributed by atoms with Crippen LogP contribution >= 0.6 is 0 Å². The molecule has 1 amide bonds. The molecule has 2 aromatic carbocycles. The highest BCUT2D eigenvalue weighted by molar-refractivity contribution is 7.89. The molecule has 3 aromatic rings. The van der Waals surface area contributed by atoms with Crippen LogP contribution in [0.25, 0.3) is 5.69 Å². The fraction of sp³-hybridized carbons (Fsp3) is 0.320. The molecule has 0 spiro atoms. The van der Waals surface area contributed by atoms with Crippen molar-refractivity contribution in [3.63, 3.8) is 0 Å². The summed E-state index contributed by atoms with van der Waals surface area (Å²) in [6, 6.07) is 12.8. The van der Waals surface area contributed by atoms with Crippen LogP contribution in [0.3, 0.4) is 0 Å². The van der Waals surface area contributed by atoms with E-state index in [2.05, 4.69) is 10.0 Å². The molecule has 1 aliphatic rings. The van der Waals surface area contributed by atoms with Crippen molar-refractivity contribution in [1.82, 2.24) is 14.6 Å². The van der Waals surface area contributed by atoms with E-state index in [-0.39, 0.29) is 23.9 Å². The zero-order valence-corrected chi connectivity index (χ0v) is 20.6. The van der Waals surface area contributed by atoms with E-state index in [4.69, 9.17) is 9.47 Å². The Balaban J connectivity index is 1.42. The summed E-state index contributed by atoms with van der Waals surface area (Å²) in [7, 11) is -3.66. The van der Waals surface area contributed by atoms with Gasteiger partial charge < -0.3 is 19.4 Å². The molecule has 1 aliphatic heterocycles. The van der Waals surface area contributed by atoms with Crippen molar-refractivity contribution in [2.45, 2.75) is 32.6 Å². The Kier molecular flexibility index (Phi) is 6.67. The van der Waals surface area contributed by atoms with Gasteiger partial charge in [-0.15, -0.1) is 0 Å². The SMILES string of the molecule is Cc1ccc(C)c(S(=O)(=O)NCCNC(=O)c2cc(C)n(-c3ccc4c(c3)OCCO4)c2C)c1. The number of hydrogen-bond donors (Lipinski definition) is 2. The molecule has 8 nitrogen and oxygen atoms in total. The van der Waals surface area contributed by atoms with Gasteiger partial charge >= 0.3 is 0 Å². The molecule has 2 N–H and O–H groups in total. The van der Waals surface area contributed by atoms with Crippen molar-refractivity contribution in [3.8, 4) is 17.2 Å². The van der Waals surface area contributed by atoms with Gasteiger partial charge in [-0.25, -0.2) is 13.1 Å². The lowest BCUT2D eigenvalue weighted by molar-refractivity contribution is 0.0953. The fourth-order valence-corrected chi connectivity index (χ4v) is 5.45. The smallest absolute Gasteiger partial charge is 0.253 e. The summed E-state index contributed by atoms with van der Waals surface area (Å²) >= 11 is 0. The number of benzene rings is 2. The van der Waals surface area contributed by atoms with Gasteiger partial charge in [0.25, 0.3) is 5.91 Å². The number of ether oxygens (including phenoxy) is 2. The molecule has 2 heterocycles. The molecule has 34 heavy (non-hydrogen) atoms. The molecule has 180 valence electrons. The van der Waals surface area contributed by atoms with Gasteiger partial charge in [-0.1, -0.05) is 12.1 Å². The van der Waals surface area contributed by atoms with Crippen LogP contribution in [0.4, 0.5) is 0 Å². The Bertz CT molecular complexity index is 1340. The van der Waals surface area contributed by atoms with Gasteiger partial charge in [-0.05, 0) is 63.1 Å². The van der Waals surface area contributed by atoms with E-state index in [1.165, 1.54) is 0 Å². The van der Waals surface area contributed by atoms with Gasteiger partial charge in [0.15, 0.2) is 11.5 Å². The quantitative estimate of drug-likeness (QED) is 0.503. The number of nitrogens with zero attached hydrogens (tertiary/aromatic N) is 1. The number of rotatable bonds is 7. The van der Waals surface area contributed by atoms with Gasteiger partial charge in [0, 0.05) is 36.2 Å². The molecule has 0 radical (unpaired) electrons. The van der Waals surface area contributed by atoms with Gasteiger partial charge in [0.2, 0.25) is 10.0 Å². The van der Waals surface area contributed by atoms with E-state index in [1.807, 2.05) is 55.7 Å². The van der Waals surface area contributed by atoms with Gasteiger partial charge in [-0.2, -0.15) is 0 Å². The molecular formula is C25H29N3O5S. The first-order valence-corrected chi connectivity index (χ1v) is 12.6. The molecule has 1 aromatic heterocycles. The third-order valence-electron chi connectivity index (χ3n) is 5.80. The van der Waals surface area contributed by atoms with E-state index in [0.717, 1.165) is 22.6 Å². The van der Waals surface area contributed by atoms with Crippen LogP contribution in [0.5, 0.6) is 11.5 Å².